The number of carboxylic acids is 1. The molecule has 3 rings (SSSR count). The Bertz CT molecular complexity index is 1320. The van der Waals surface area contributed by atoms with Gasteiger partial charge in [-0.15, -0.1) is 0 Å². The number of aliphatic carboxylic acids is 1. The molecular weight excluding hydrogens is 402 g/mol. The molecule has 152 valence electrons. The lowest BCUT2D eigenvalue weighted by Gasteiger charge is -2.14. The van der Waals surface area contributed by atoms with Crippen LogP contribution < -0.4 is 11.2 Å². The zero-order valence-corrected chi connectivity index (χ0v) is 15.0. The molecule has 0 saturated heterocycles. The summed E-state index contributed by atoms with van der Waals surface area (Å²) in [5.74, 6) is -6.37. The summed E-state index contributed by atoms with van der Waals surface area (Å²) in [6, 6.07) is 9.71. The van der Waals surface area contributed by atoms with Gasteiger partial charge in [0.1, 0.15) is 17.4 Å². The second kappa shape index (κ2) is 7.95. The summed E-state index contributed by atoms with van der Waals surface area (Å²) in [5.41, 5.74) is -3.94. The summed E-state index contributed by atoms with van der Waals surface area (Å²) in [6.07, 6.45) is 0.988. The molecule has 0 atom stereocenters. The molecule has 0 radical (unpaired) electrons. The normalized spacial score (nSPS) is 11.3. The molecule has 3 aromatic rings. The van der Waals surface area contributed by atoms with Gasteiger partial charge < -0.3 is 10.2 Å². The fraction of sp³-hybridized carbons (Fsp3) is 0. The number of rotatable bonds is 5. The molecule has 2 N–H and O–H groups in total. The van der Waals surface area contributed by atoms with Crippen LogP contribution in [0.1, 0.15) is 5.56 Å². The Kier molecular flexibility index (Phi) is 5.41. The Morgan fingerprint density at radius 3 is 1.93 bits per heavy atom. The fourth-order valence-electron chi connectivity index (χ4n) is 2.66. The van der Waals surface area contributed by atoms with Gasteiger partial charge in [0.25, 0.3) is 11.3 Å². The number of hydrogen-bond acceptors (Lipinski definition) is 5. The van der Waals surface area contributed by atoms with Crippen molar-refractivity contribution in [3.05, 3.63) is 98.8 Å². The molecule has 1 aromatic heterocycles. The number of aliphatic hydroxyl groups is 1. The summed E-state index contributed by atoms with van der Waals surface area (Å²) in [4.78, 5) is 47.9. The van der Waals surface area contributed by atoms with E-state index in [1.165, 1.54) is 30.3 Å². The highest BCUT2D eigenvalue weighted by Crippen LogP contribution is 2.15. The predicted octanol–water partition coefficient (Wildman–Crippen LogP) is 1.82. The molecule has 0 bridgehead atoms. The van der Waals surface area contributed by atoms with Gasteiger partial charge in [-0.25, -0.2) is 22.9 Å². The summed E-state index contributed by atoms with van der Waals surface area (Å²) < 4.78 is 29.6. The average molecular weight is 414 g/mol. The molecule has 0 spiro atoms. The zero-order valence-electron chi connectivity index (χ0n) is 15.0. The Morgan fingerprint density at radius 1 is 0.867 bits per heavy atom. The number of carboxylic acid groups (broad SMARTS) is 1. The molecule has 30 heavy (non-hydrogen) atoms. The standard InChI is InChI=1S/C20H12F2N2O6/c21-12-5-1-3-7-14(12)23-10-11(16(25)9-17(26)19(28)29)18(27)24(20(23)30)15-8-4-2-6-13(15)22/h1-10,25H,(H,28,29)/b16-9-. The smallest absolute Gasteiger partial charge is 0.376 e. The number of aromatic nitrogens is 2. The maximum absolute atomic E-state index is 14.3. The minimum atomic E-state index is -1.90. The zero-order chi connectivity index (χ0) is 22.0. The summed E-state index contributed by atoms with van der Waals surface area (Å²) in [6.45, 7) is 0. The van der Waals surface area contributed by atoms with Crippen molar-refractivity contribution in [1.82, 2.24) is 9.13 Å². The van der Waals surface area contributed by atoms with E-state index in [0.29, 0.717) is 9.13 Å². The van der Waals surface area contributed by atoms with E-state index in [-0.39, 0.29) is 11.8 Å². The monoisotopic (exact) mass is 414 g/mol. The first-order valence-electron chi connectivity index (χ1n) is 8.29. The second-order valence-corrected chi connectivity index (χ2v) is 5.94. The van der Waals surface area contributed by atoms with Gasteiger partial charge in [-0.05, 0) is 24.3 Å². The first-order chi connectivity index (χ1) is 14.2. The largest absolute Gasteiger partial charge is 0.507 e. The third-order valence-electron chi connectivity index (χ3n) is 4.05. The predicted molar refractivity (Wildman–Crippen MR) is 101 cm³/mol. The molecule has 0 aliphatic rings. The first kappa shape index (κ1) is 20.4. The quantitative estimate of drug-likeness (QED) is 0.374. The van der Waals surface area contributed by atoms with Gasteiger partial charge in [0, 0.05) is 12.3 Å². The lowest BCUT2D eigenvalue weighted by molar-refractivity contribution is -0.146. The van der Waals surface area contributed by atoms with Crippen LogP contribution in [0.15, 0.2) is 70.4 Å². The van der Waals surface area contributed by atoms with Crippen molar-refractivity contribution < 1.29 is 28.6 Å². The van der Waals surface area contributed by atoms with E-state index in [1.54, 1.807) is 0 Å². The van der Waals surface area contributed by atoms with Gasteiger partial charge in [0.2, 0.25) is 0 Å². The van der Waals surface area contributed by atoms with Crippen molar-refractivity contribution >= 4 is 17.5 Å². The first-order valence-corrected chi connectivity index (χ1v) is 8.29. The summed E-state index contributed by atoms with van der Waals surface area (Å²) in [5, 5.41) is 18.8. The Hall–Kier alpha value is -4.34. The van der Waals surface area contributed by atoms with Crippen molar-refractivity contribution in [1.29, 1.82) is 0 Å². The van der Waals surface area contributed by atoms with Crippen LogP contribution in [0.25, 0.3) is 17.1 Å². The van der Waals surface area contributed by atoms with Gasteiger partial charge in [-0.1, -0.05) is 24.3 Å². The van der Waals surface area contributed by atoms with Crippen molar-refractivity contribution in [3.63, 3.8) is 0 Å². The highest BCUT2D eigenvalue weighted by atomic mass is 19.1. The Morgan fingerprint density at radius 2 is 1.40 bits per heavy atom. The maximum Gasteiger partial charge on any atom is 0.376 e. The Labute approximate surface area is 166 Å². The van der Waals surface area contributed by atoms with Crippen LogP contribution in [0.2, 0.25) is 0 Å². The fourth-order valence-corrected chi connectivity index (χ4v) is 2.66. The lowest BCUT2D eigenvalue weighted by Crippen LogP contribution is -2.40. The third-order valence-corrected chi connectivity index (χ3v) is 4.05. The topological polar surface area (TPSA) is 119 Å². The van der Waals surface area contributed by atoms with Crippen LogP contribution in [0.5, 0.6) is 0 Å². The number of nitrogens with zero attached hydrogens (tertiary/aromatic N) is 2. The number of aliphatic hydroxyl groups excluding tert-OH is 1. The molecule has 0 fully saturated rings. The van der Waals surface area contributed by atoms with E-state index in [2.05, 4.69) is 0 Å². The highest BCUT2D eigenvalue weighted by molar-refractivity contribution is 6.38. The van der Waals surface area contributed by atoms with Crippen LogP contribution in [0, 0.1) is 11.6 Å². The van der Waals surface area contributed by atoms with Gasteiger partial charge >= 0.3 is 11.7 Å². The van der Waals surface area contributed by atoms with Crippen LogP contribution in [-0.4, -0.2) is 31.1 Å². The summed E-state index contributed by atoms with van der Waals surface area (Å²) >= 11 is 0. The van der Waals surface area contributed by atoms with Gasteiger partial charge in [0.15, 0.2) is 0 Å². The number of benzene rings is 2. The number of halogens is 2. The second-order valence-electron chi connectivity index (χ2n) is 5.94. The number of carbonyl (C=O) groups excluding carboxylic acids is 1. The van der Waals surface area contributed by atoms with Crippen molar-refractivity contribution in [2.75, 3.05) is 0 Å². The number of ketones is 1. The van der Waals surface area contributed by atoms with E-state index in [0.717, 1.165) is 24.4 Å². The van der Waals surface area contributed by atoms with Crippen LogP contribution in [0.3, 0.4) is 0 Å². The number of carbonyl (C=O) groups is 2. The number of para-hydroxylation sites is 2. The lowest BCUT2D eigenvalue weighted by atomic mass is 10.2. The molecular formula is C20H12F2N2O6. The molecule has 8 nitrogen and oxygen atoms in total. The molecule has 0 saturated carbocycles. The molecule has 0 aliphatic heterocycles. The average Bonchev–Trinajstić information content (AvgIpc) is 2.70. The van der Waals surface area contributed by atoms with Gasteiger partial charge in [0.05, 0.1) is 16.9 Å². The van der Waals surface area contributed by atoms with Crippen molar-refractivity contribution in [2.45, 2.75) is 0 Å². The Balaban J connectivity index is 2.43. The van der Waals surface area contributed by atoms with Gasteiger partial charge in [-0.3, -0.25) is 14.2 Å². The summed E-state index contributed by atoms with van der Waals surface area (Å²) in [7, 11) is 0. The van der Waals surface area contributed by atoms with Gasteiger partial charge in [-0.2, -0.15) is 0 Å². The maximum atomic E-state index is 14.3. The van der Waals surface area contributed by atoms with E-state index in [9.17, 15) is 33.1 Å². The van der Waals surface area contributed by atoms with Crippen molar-refractivity contribution in [2.24, 2.45) is 0 Å². The van der Waals surface area contributed by atoms with E-state index in [4.69, 9.17) is 5.11 Å². The van der Waals surface area contributed by atoms with Crippen LogP contribution in [-0.2, 0) is 9.59 Å². The SMILES string of the molecule is O=C(O)C(=O)/C=C(\O)c1cn(-c2ccccc2F)c(=O)n(-c2ccccc2F)c1=O. The highest BCUT2D eigenvalue weighted by Gasteiger charge is 2.21. The molecule has 10 heteroatoms. The number of hydrogen-bond donors (Lipinski definition) is 2. The minimum Gasteiger partial charge on any atom is -0.507 e. The molecule has 0 amide bonds. The van der Waals surface area contributed by atoms with Crippen molar-refractivity contribution in [3.8, 4) is 11.4 Å². The van der Waals surface area contributed by atoms with E-state index < -0.39 is 51.6 Å². The molecule has 1 heterocycles. The third kappa shape index (κ3) is 3.65. The van der Waals surface area contributed by atoms with E-state index in [1.807, 2.05) is 0 Å². The minimum absolute atomic E-state index is 0.251. The van der Waals surface area contributed by atoms with E-state index >= 15 is 0 Å². The van der Waals surface area contributed by atoms with Crippen LogP contribution >= 0.6 is 0 Å². The molecule has 0 unspecified atom stereocenters. The van der Waals surface area contributed by atoms with Crippen LogP contribution in [0.4, 0.5) is 8.78 Å². The molecule has 2 aromatic carbocycles. The molecule has 0 aliphatic carbocycles.